The van der Waals surface area contributed by atoms with Gasteiger partial charge in [-0.25, -0.2) is 0 Å². The molecule has 0 aromatic heterocycles. The second-order valence-corrected chi connectivity index (χ2v) is 8.85. The van der Waals surface area contributed by atoms with Gasteiger partial charge in [0.15, 0.2) is 5.75 Å². The molecule has 0 radical (unpaired) electrons. The van der Waals surface area contributed by atoms with Crippen LogP contribution in [0.15, 0.2) is 42.5 Å². The molecule has 36 heavy (non-hydrogen) atoms. The molecule has 1 aliphatic rings. The van der Waals surface area contributed by atoms with Gasteiger partial charge in [-0.1, -0.05) is 29.8 Å². The van der Waals surface area contributed by atoms with E-state index in [1.165, 1.54) is 0 Å². The van der Waals surface area contributed by atoms with Crippen molar-refractivity contribution in [3.05, 3.63) is 53.1 Å². The highest BCUT2D eigenvalue weighted by Gasteiger charge is 2.44. The van der Waals surface area contributed by atoms with E-state index in [0.717, 1.165) is 13.8 Å². The molecule has 0 bridgehead atoms. The molecule has 0 fully saturated rings. The minimum Gasteiger partial charge on any atom is -0.455 e. The fourth-order valence-electron chi connectivity index (χ4n) is 3.64. The molecule has 0 aliphatic carbocycles. The van der Waals surface area contributed by atoms with E-state index in [-0.39, 0.29) is 6.54 Å². The molecule has 0 saturated carbocycles. The Morgan fingerprint density at radius 2 is 1.69 bits per heavy atom. The Kier molecular flexibility index (Phi) is 8.89. The number of Topliss-reactive ketones (excluding diaryl/α,β-unsaturated/α-hetero) is 1. The number of carbonyl (C=O) groups is 4. The summed E-state index contributed by atoms with van der Waals surface area (Å²) in [7, 11) is 3.64. The number of ether oxygens (including phenoxy) is 3. The number of nitrogens with one attached hydrogen (secondary N) is 2. The largest absolute Gasteiger partial charge is 0.455 e. The van der Waals surface area contributed by atoms with Gasteiger partial charge in [0.2, 0.25) is 18.0 Å². The number of hydrogen-bond donors (Lipinski definition) is 2. The summed E-state index contributed by atoms with van der Waals surface area (Å²) in [6.45, 7) is 2.91. The smallest absolute Gasteiger partial charge is 0.303 e. The molecule has 2 N–H and O–H groups in total. The summed E-state index contributed by atoms with van der Waals surface area (Å²) >= 11 is 6.16. The van der Waals surface area contributed by atoms with Crippen molar-refractivity contribution in [2.75, 3.05) is 32.5 Å². The number of halogens is 1. The lowest BCUT2D eigenvalue weighted by atomic mass is 9.95. The average Bonchev–Trinajstić information content (AvgIpc) is 2.96. The van der Waals surface area contributed by atoms with Crippen molar-refractivity contribution >= 4 is 40.9 Å². The van der Waals surface area contributed by atoms with Crippen molar-refractivity contribution in [2.24, 2.45) is 0 Å². The molecule has 10 nitrogen and oxygen atoms in total. The van der Waals surface area contributed by atoms with Gasteiger partial charge in [0.25, 0.3) is 5.91 Å². The standard InChI is InChI=1S/C25H28ClN3O7/c1-14(30)34-23(24(35-15(2)31)25(33)27-11-12-29(3)4)22(32)21-17-7-5-6-8-19(17)36-20-10-9-16(26)13-18(20)28-21/h5-10,13,21,23-24,28H,11-12H2,1-4H3,(H,27,33)/t21?,23-,24+/m1/s1. The van der Waals surface area contributed by atoms with E-state index in [9.17, 15) is 19.2 Å². The first kappa shape index (κ1) is 27.0. The SMILES string of the molecule is CC(=O)O[C@H](C(=O)NCCN(C)C)[C@H](OC(C)=O)C(=O)C1Nc2cc(Cl)ccc2Oc2ccccc21. The first-order valence-corrected chi connectivity index (χ1v) is 11.6. The number of benzene rings is 2. The Bertz CT molecular complexity index is 1150. The van der Waals surface area contributed by atoms with Crippen molar-refractivity contribution in [3.63, 3.8) is 0 Å². The molecule has 1 amide bonds. The van der Waals surface area contributed by atoms with Crippen molar-refractivity contribution in [3.8, 4) is 11.5 Å². The number of ketones is 1. The maximum atomic E-state index is 13.9. The summed E-state index contributed by atoms with van der Waals surface area (Å²) in [4.78, 5) is 52.7. The summed E-state index contributed by atoms with van der Waals surface area (Å²) < 4.78 is 16.5. The summed E-state index contributed by atoms with van der Waals surface area (Å²) in [5, 5.41) is 6.11. The van der Waals surface area contributed by atoms with E-state index in [4.69, 9.17) is 25.8 Å². The first-order valence-electron chi connectivity index (χ1n) is 11.2. The molecule has 192 valence electrons. The van der Waals surface area contributed by atoms with Crippen molar-refractivity contribution in [1.29, 1.82) is 0 Å². The van der Waals surface area contributed by atoms with Gasteiger partial charge in [0.1, 0.15) is 11.8 Å². The monoisotopic (exact) mass is 517 g/mol. The number of esters is 2. The lowest BCUT2D eigenvalue weighted by Gasteiger charge is -2.28. The van der Waals surface area contributed by atoms with Crippen molar-refractivity contribution in [2.45, 2.75) is 32.1 Å². The average molecular weight is 518 g/mol. The molecule has 0 spiro atoms. The van der Waals surface area contributed by atoms with Gasteiger partial charge in [0, 0.05) is 37.5 Å². The van der Waals surface area contributed by atoms with Gasteiger partial charge in [-0.2, -0.15) is 0 Å². The Morgan fingerprint density at radius 3 is 2.36 bits per heavy atom. The minimum atomic E-state index is -1.74. The molecule has 3 rings (SSSR count). The van der Waals surface area contributed by atoms with Crippen LogP contribution in [0.1, 0.15) is 25.5 Å². The molecule has 11 heteroatoms. The van der Waals surface area contributed by atoms with Gasteiger partial charge in [0.05, 0.1) is 5.69 Å². The zero-order valence-corrected chi connectivity index (χ0v) is 21.1. The number of hydrogen-bond acceptors (Lipinski definition) is 9. The zero-order chi connectivity index (χ0) is 26.4. The second kappa shape index (κ2) is 11.9. The molecule has 2 aromatic carbocycles. The van der Waals surface area contributed by atoms with Gasteiger partial charge >= 0.3 is 11.9 Å². The fraction of sp³-hybridized carbons (Fsp3) is 0.360. The van der Waals surface area contributed by atoms with Crippen LogP contribution < -0.4 is 15.4 Å². The third kappa shape index (κ3) is 6.73. The topological polar surface area (TPSA) is 123 Å². The Labute approximate surface area is 213 Å². The highest BCUT2D eigenvalue weighted by molar-refractivity contribution is 6.31. The Hall–Kier alpha value is -3.63. The zero-order valence-electron chi connectivity index (χ0n) is 20.4. The summed E-state index contributed by atoms with van der Waals surface area (Å²) in [5.74, 6) is -2.33. The Balaban J connectivity index is 2.02. The van der Waals surface area contributed by atoms with E-state index in [1.807, 2.05) is 19.0 Å². The summed E-state index contributed by atoms with van der Waals surface area (Å²) in [6, 6.07) is 10.6. The second-order valence-electron chi connectivity index (χ2n) is 8.41. The Morgan fingerprint density at radius 1 is 1.03 bits per heavy atom. The van der Waals surface area contributed by atoms with Crippen LogP contribution in [0.3, 0.4) is 0 Å². The maximum absolute atomic E-state index is 13.9. The van der Waals surface area contributed by atoms with Crippen molar-refractivity contribution < 1.29 is 33.4 Å². The number of carbonyl (C=O) groups excluding carboxylic acids is 4. The fourth-order valence-corrected chi connectivity index (χ4v) is 3.81. The molecule has 1 heterocycles. The molecule has 1 aliphatic heterocycles. The molecule has 3 atom stereocenters. The van der Waals surface area contributed by atoms with Crippen LogP contribution in [0.5, 0.6) is 11.5 Å². The first-order chi connectivity index (χ1) is 17.1. The van der Waals surface area contributed by atoms with Crippen LogP contribution in [0.4, 0.5) is 5.69 Å². The number of anilines is 1. The molecule has 0 saturated heterocycles. The predicted molar refractivity (Wildman–Crippen MR) is 132 cm³/mol. The molecular formula is C25H28ClN3O7. The van der Waals surface area contributed by atoms with E-state index >= 15 is 0 Å². The van der Waals surface area contributed by atoms with Crippen LogP contribution in [0.25, 0.3) is 0 Å². The van der Waals surface area contributed by atoms with Crippen LogP contribution in [-0.2, 0) is 28.7 Å². The highest BCUT2D eigenvalue weighted by Crippen LogP contribution is 2.42. The van der Waals surface area contributed by atoms with Gasteiger partial charge in [-0.05, 0) is 38.4 Å². The van der Waals surface area contributed by atoms with Gasteiger partial charge in [-0.15, -0.1) is 0 Å². The lowest BCUT2D eigenvalue weighted by Crippen LogP contribution is -2.52. The maximum Gasteiger partial charge on any atom is 0.303 e. The van der Waals surface area contributed by atoms with Crippen molar-refractivity contribution in [1.82, 2.24) is 10.2 Å². The molecule has 2 aromatic rings. The van der Waals surface area contributed by atoms with Gasteiger partial charge < -0.3 is 29.7 Å². The number of likely N-dealkylation sites (N-methyl/N-ethyl adjacent to an activating group) is 1. The van der Waals surface area contributed by atoms with E-state index in [1.54, 1.807) is 42.5 Å². The van der Waals surface area contributed by atoms with Crippen LogP contribution in [0.2, 0.25) is 5.02 Å². The highest BCUT2D eigenvalue weighted by atomic mass is 35.5. The minimum absolute atomic E-state index is 0.217. The van der Waals surface area contributed by atoms with E-state index < -0.39 is 41.9 Å². The number of fused-ring (bicyclic) bond motifs is 2. The predicted octanol–water partition coefficient (Wildman–Crippen LogP) is 2.71. The number of rotatable bonds is 9. The van der Waals surface area contributed by atoms with E-state index in [0.29, 0.717) is 34.3 Å². The number of amides is 1. The van der Waals surface area contributed by atoms with Crippen LogP contribution in [-0.4, -0.2) is 67.9 Å². The number of para-hydroxylation sites is 1. The number of nitrogens with zero attached hydrogens (tertiary/aromatic N) is 1. The van der Waals surface area contributed by atoms with Crippen LogP contribution >= 0.6 is 11.6 Å². The third-order valence-electron chi connectivity index (χ3n) is 5.23. The van der Waals surface area contributed by atoms with E-state index in [2.05, 4.69) is 10.6 Å². The van der Waals surface area contributed by atoms with Gasteiger partial charge in [-0.3, -0.25) is 19.2 Å². The summed E-state index contributed by atoms with van der Waals surface area (Å²) in [5.41, 5.74) is 0.847. The normalized spacial score (nSPS) is 15.7. The summed E-state index contributed by atoms with van der Waals surface area (Å²) in [6.07, 6.45) is -3.45. The van der Waals surface area contributed by atoms with Crippen LogP contribution in [0, 0.1) is 0 Å². The third-order valence-corrected chi connectivity index (χ3v) is 5.47. The molecular weight excluding hydrogens is 490 g/mol. The quantitative estimate of drug-likeness (QED) is 0.483. The lowest BCUT2D eigenvalue weighted by molar-refractivity contribution is -0.174. The molecule has 1 unspecified atom stereocenters.